The maximum Gasteiger partial charge on any atom is 0.256 e. The molecule has 0 saturated heterocycles. The lowest BCUT2D eigenvalue weighted by Crippen LogP contribution is -2.18. The van der Waals surface area contributed by atoms with E-state index < -0.39 is 0 Å². The van der Waals surface area contributed by atoms with Crippen LogP contribution in [0.3, 0.4) is 0 Å². The molecular weight excluding hydrogens is 444 g/mol. The van der Waals surface area contributed by atoms with Crippen molar-refractivity contribution >= 4 is 21.7 Å². The van der Waals surface area contributed by atoms with Gasteiger partial charge in [0.05, 0.1) is 38.6 Å². The number of hydrogen-bond acceptors (Lipinski definition) is 6. The molecule has 2 aromatic heterocycles. The van der Waals surface area contributed by atoms with E-state index in [1.165, 1.54) is 6.07 Å². The van der Waals surface area contributed by atoms with Crippen LogP contribution in [0.1, 0.15) is 11.1 Å². The van der Waals surface area contributed by atoms with Crippen LogP contribution in [0.25, 0.3) is 38.8 Å². The number of ether oxygens (including phenoxy) is 2. The van der Waals surface area contributed by atoms with Gasteiger partial charge < -0.3 is 19.7 Å². The van der Waals surface area contributed by atoms with Crippen molar-refractivity contribution in [2.24, 2.45) is 0 Å². The molecule has 0 atom stereocenters. The number of aliphatic hydroxyl groups is 2. The molecule has 0 fully saturated rings. The normalized spacial score (nSPS) is 11.2. The summed E-state index contributed by atoms with van der Waals surface area (Å²) >= 11 is 0. The fourth-order valence-corrected chi connectivity index (χ4v) is 4.55. The van der Waals surface area contributed by atoms with Crippen molar-refractivity contribution in [3.8, 4) is 28.6 Å². The Kier molecular flexibility index (Phi) is 5.94. The summed E-state index contributed by atoms with van der Waals surface area (Å²) in [5.41, 5.74) is 2.89. The lowest BCUT2D eigenvalue weighted by atomic mass is 9.92. The molecule has 0 aliphatic rings. The average Bonchev–Trinajstić information content (AvgIpc) is 2.90. The highest BCUT2D eigenvalue weighted by molar-refractivity contribution is 6.00. The Morgan fingerprint density at radius 1 is 0.829 bits per heavy atom. The monoisotopic (exact) mass is 468 g/mol. The van der Waals surface area contributed by atoms with Crippen molar-refractivity contribution in [3.05, 3.63) is 94.3 Å². The second-order valence-corrected chi connectivity index (χ2v) is 8.08. The predicted molar refractivity (Wildman–Crippen MR) is 135 cm³/mol. The summed E-state index contributed by atoms with van der Waals surface area (Å²) < 4.78 is 12.5. The summed E-state index contributed by atoms with van der Waals surface area (Å²) in [5.74, 6) is 1.54. The molecule has 176 valence electrons. The minimum Gasteiger partial charge on any atom is -0.493 e. The quantitative estimate of drug-likeness (QED) is 0.388. The first-order valence-electron chi connectivity index (χ1n) is 11.1. The Hall–Kier alpha value is -4.20. The second-order valence-electron chi connectivity index (χ2n) is 8.08. The van der Waals surface area contributed by atoms with Crippen molar-refractivity contribution < 1.29 is 19.7 Å². The molecule has 3 aromatic carbocycles. The number of hydrogen-bond donors (Lipinski definition) is 2. The highest BCUT2D eigenvalue weighted by atomic mass is 16.5. The highest BCUT2D eigenvalue weighted by Crippen LogP contribution is 2.40. The van der Waals surface area contributed by atoms with Gasteiger partial charge in [-0.25, -0.2) is 4.98 Å². The maximum atomic E-state index is 12.9. The van der Waals surface area contributed by atoms with Crippen LogP contribution in [0.15, 0.2) is 77.6 Å². The lowest BCUT2D eigenvalue weighted by molar-refractivity contribution is 0.260. The highest BCUT2D eigenvalue weighted by Gasteiger charge is 2.19. The van der Waals surface area contributed by atoms with Crippen LogP contribution < -0.4 is 15.0 Å². The van der Waals surface area contributed by atoms with Crippen LogP contribution in [-0.4, -0.2) is 34.0 Å². The van der Waals surface area contributed by atoms with E-state index in [-0.39, 0.29) is 18.8 Å². The number of nitrogens with zero attached hydrogens (tertiary/aromatic N) is 2. The van der Waals surface area contributed by atoms with E-state index in [4.69, 9.17) is 14.5 Å². The molecule has 0 radical (unpaired) electrons. The zero-order chi connectivity index (χ0) is 24.5. The first-order chi connectivity index (χ1) is 17.1. The number of fused-ring (bicyclic) bond motifs is 2. The Balaban J connectivity index is 1.83. The zero-order valence-electron chi connectivity index (χ0n) is 19.4. The SMILES string of the molecule is COc1cc2cc(CO)c(CO)c(-c3cccc(-n4c(=O)ccc5ccccc54)n3)c2cc1OC. The molecule has 35 heavy (non-hydrogen) atoms. The van der Waals surface area contributed by atoms with Gasteiger partial charge in [0.2, 0.25) is 0 Å². The average molecular weight is 469 g/mol. The Morgan fingerprint density at radius 3 is 2.34 bits per heavy atom. The standard InChI is InChI=1S/C28H24N2O5/c1-34-24-13-18-12-19(15-31)21(16-32)28(20(18)14-25(24)35-2)22-7-5-9-26(29-22)30-23-8-4-3-6-17(23)10-11-27(30)33/h3-14,31-32H,15-16H2,1-2H3. The van der Waals surface area contributed by atoms with E-state index >= 15 is 0 Å². The number of benzene rings is 3. The zero-order valence-corrected chi connectivity index (χ0v) is 19.4. The third-order valence-corrected chi connectivity index (χ3v) is 6.20. The Labute approximate surface area is 201 Å². The fraction of sp³-hybridized carbons (Fsp3) is 0.143. The molecule has 7 nitrogen and oxygen atoms in total. The van der Waals surface area contributed by atoms with Crippen molar-refractivity contribution in [2.45, 2.75) is 13.2 Å². The first kappa shape index (κ1) is 22.6. The molecule has 0 spiro atoms. The van der Waals surface area contributed by atoms with Crippen molar-refractivity contribution in [1.82, 2.24) is 9.55 Å². The molecule has 0 aliphatic heterocycles. The Bertz CT molecular complexity index is 1620. The molecule has 0 bridgehead atoms. The molecular formula is C28H24N2O5. The molecule has 5 rings (SSSR count). The third-order valence-electron chi connectivity index (χ3n) is 6.20. The molecule has 0 amide bonds. The summed E-state index contributed by atoms with van der Waals surface area (Å²) in [4.78, 5) is 17.7. The van der Waals surface area contributed by atoms with E-state index in [2.05, 4.69) is 0 Å². The molecule has 0 saturated carbocycles. The summed E-state index contributed by atoms with van der Waals surface area (Å²) in [6.45, 7) is -0.550. The maximum absolute atomic E-state index is 12.9. The van der Waals surface area contributed by atoms with Crippen molar-refractivity contribution in [2.75, 3.05) is 14.2 Å². The minimum absolute atomic E-state index is 0.198. The number of aliphatic hydroxyl groups excluding tert-OH is 2. The number of pyridine rings is 2. The van der Waals surface area contributed by atoms with Gasteiger partial charge in [-0.2, -0.15) is 0 Å². The number of aromatic nitrogens is 2. The van der Waals surface area contributed by atoms with Gasteiger partial charge in [-0.3, -0.25) is 9.36 Å². The topological polar surface area (TPSA) is 93.8 Å². The van der Waals surface area contributed by atoms with Gasteiger partial charge in [-0.15, -0.1) is 0 Å². The van der Waals surface area contributed by atoms with E-state index in [9.17, 15) is 15.0 Å². The predicted octanol–water partition coefficient (Wildman–Crippen LogP) is 4.21. The van der Waals surface area contributed by atoms with Crippen molar-refractivity contribution in [3.63, 3.8) is 0 Å². The molecule has 0 unspecified atom stereocenters. The summed E-state index contributed by atoms with van der Waals surface area (Å²) in [6.07, 6.45) is 0. The molecule has 7 heteroatoms. The van der Waals surface area contributed by atoms with Gasteiger partial charge in [0, 0.05) is 11.6 Å². The van der Waals surface area contributed by atoms with E-state index in [0.29, 0.717) is 39.7 Å². The van der Waals surface area contributed by atoms with E-state index in [1.54, 1.807) is 30.9 Å². The fourth-order valence-electron chi connectivity index (χ4n) is 4.55. The van der Waals surface area contributed by atoms with Crippen LogP contribution in [0.5, 0.6) is 11.5 Å². The molecule has 0 aliphatic carbocycles. The Morgan fingerprint density at radius 2 is 1.60 bits per heavy atom. The molecule has 5 aromatic rings. The van der Waals surface area contributed by atoms with Crippen LogP contribution in [0.2, 0.25) is 0 Å². The second kappa shape index (κ2) is 9.21. The van der Waals surface area contributed by atoms with Gasteiger partial charge in [0.1, 0.15) is 5.82 Å². The van der Waals surface area contributed by atoms with Crippen LogP contribution in [-0.2, 0) is 13.2 Å². The minimum atomic E-state index is -0.296. The smallest absolute Gasteiger partial charge is 0.256 e. The van der Waals surface area contributed by atoms with Crippen LogP contribution >= 0.6 is 0 Å². The number of methoxy groups -OCH3 is 2. The van der Waals surface area contributed by atoms with Gasteiger partial charge in [-0.05, 0) is 69.8 Å². The third kappa shape index (κ3) is 3.80. The van der Waals surface area contributed by atoms with Crippen molar-refractivity contribution in [1.29, 1.82) is 0 Å². The van der Waals surface area contributed by atoms with Gasteiger partial charge in [-0.1, -0.05) is 24.3 Å². The summed E-state index contributed by atoms with van der Waals surface area (Å²) in [6, 6.07) is 21.8. The van der Waals surface area contributed by atoms with Gasteiger partial charge in [0.25, 0.3) is 5.56 Å². The molecule has 2 heterocycles. The largest absolute Gasteiger partial charge is 0.493 e. The van der Waals surface area contributed by atoms with E-state index in [1.807, 2.05) is 54.6 Å². The summed E-state index contributed by atoms with van der Waals surface area (Å²) in [7, 11) is 3.12. The van der Waals surface area contributed by atoms with E-state index in [0.717, 1.165) is 21.7 Å². The lowest BCUT2D eigenvalue weighted by Gasteiger charge is -2.18. The molecule has 2 N–H and O–H groups in total. The van der Waals surface area contributed by atoms with Gasteiger partial charge >= 0.3 is 0 Å². The number of rotatable bonds is 6. The van der Waals surface area contributed by atoms with Crippen LogP contribution in [0, 0.1) is 0 Å². The van der Waals surface area contributed by atoms with Crippen LogP contribution in [0.4, 0.5) is 0 Å². The number of para-hydroxylation sites is 1. The van der Waals surface area contributed by atoms with Gasteiger partial charge in [0.15, 0.2) is 11.5 Å². The first-order valence-corrected chi connectivity index (χ1v) is 11.1. The summed E-state index contributed by atoms with van der Waals surface area (Å²) in [5, 5.41) is 22.9.